The zero-order valence-corrected chi connectivity index (χ0v) is 17.0. The molecule has 4 rings (SSSR count). The summed E-state index contributed by atoms with van der Waals surface area (Å²) >= 11 is 7.88. The van der Waals surface area contributed by atoms with E-state index in [1.54, 1.807) is 27.6 Å². The molecule has 2 heterocycles. The number of hydrogen-bond donors (Lipinski definition) is 0. The van der Waals surface area contributed by atoms with Crippen molar-refractivity contribution in [3.63, 3.8) is 0 Å². The second-order valence-corrected chi connectivity index (χ2v) is 7.69. The first-order valence-corrected chi connectivity index (χ1v) is 10.4. The molecule has 0 fully saturated rings. The van der Waals surface area contributed by atoms with Crippen LogP contribution in [-0.4, -0.2) is 22.5 Å². The maximum atomic E-state index is 13.1. The smallest absolute Gasteiger partial charge is 0.288 e. The quantitative estimate of drug-likeness (QED) is 0.418. The molecule has 2 amide bonds. The van der Waals surface area contributed by atoms with Gasteiger partial charge in [-0.05, 0) is 24.6 Å². The molecular weight excluding hydrogens is 392 g/mol. The van der Waals surface area contributed by atoms with Crippen LogP contribution in [0.15, 0.2) is 66.0 Å². The van der Waals surface area contributed by atoms with Crippen molar-refractivity contribution in [1.29, 1.82) is 0 Å². The van der Waals surface area contributed by atoms with Crippen molar-refractivity contribution in [2.24, 2.45) is 0 Å². The van der Waals surface area contributed by atoms with E-state index in [9.17, 15) is 4.79 Å². The fourth-order valence-electron chi connectivity index (χ4n) is 3.14. The van der Waals surface area contributed by atoms with Crippen molar-refractivity contribution >= 4 is 40.9 Å². The van der Waals surface area contributed by atoms with Gasteiger partial charge in [-0.25, -0.2) is 14.8 Å². The zero-order chi connectivity index (χ0) is 19.5. The number of rotatable bonds is 5. The lowest BCUT2D eigenvalue weighted by molar-refractivity contribution is 0.250. The lowest BCUT2D eigenvalue weighted by Crippen LogP contribution is -2.48. The number of para-hydroxylation sites is 1. The van der Waals surface area contributed by atoms with Crippen LogP contribution in [0.4, 0.5) is 16.3 Å². The molecule has 2 aromatic carbocycles. The van der Waals surface area contributed by atoms with E-state index in [0.717, 1.165) is 11.3 Å². The maximum absolute atomic E-state index is 13.1. The highest BCUT2D eigenvalue weighted by molar-refractivity contribution is 7.98. The zero-order valence-electron chi connectivity index (χ0n) is 15.4. The molecule has 142 valence electrons. The third-order valence-electron chi connectivity index (χ3n) is 4.54. The predicted molar refractivity (Wildman–Crippen MR) is 114 cm³/mol. The summed E-state index contributed by atoms with van der Waals surface area (Å²) in [6, 6.07) is 17.4. The summed E-state index contributed by atoms with van der Waals surface area (Å²) in [7, 11) is 0. The van der Waals surface area contributed by atoms with Crippen LogP contribution in [0.3, 0.4) is 0 Å². The van der Waals surface area contributed by atoms with Gasteiger partial charge in [-0.3, -0.25) is 9.80 Å². The van der Waals surface area contributed by atoms with Gasteiger partial charge in [0.2, 0.25) is 0 Å². The highest BCUT2D eigenvalue weighted by Gasteiger charge is 2.32. The summed E-state index contributed by atoms with van der Waals surface area (Å²) in [6.07, 6.45) is 1.81. The topological polar surface area (TPSA) is 49.3 Å². The Hall–Kier alpha value is -2.57. The third kappa shape index (κ3) is 3.70. The van der Waals surface area contributed by atoms with Crippen molar-refractivity contribution in [2.75, 3.05) is 16.3 Å². The minimum atomic E-state index is -0.124. The van der Waals surface area contributed by atoms with Gasteiger partial charge in [0.15, 0.2) is 5.16 Å². The Morgan fingerprint density at radius 1 is 1.11 bits per heavy atom. The normalized spacial score (nSPS) is 13.6. The molecule has 0 atom stereocenters. The van der Waals surface area contributed by atoms with Crippen LogP contribution in [0.25, 0.3) is 0 Å². The average Bonchev–Trinajstić information content (AvgIpc) is 2.73. The molecule has 0 spiro atoms. The summed E-state index contributed by atoms with van der Waals surface area (Å²) in [4.78, 5) is 25.6. The third-order valence-corrected chi connectivity index (χ3v) is 5.79. The van der Waals surface area contributed by atoms with Gasteiger partial charge >= 0.3 is 6.03 Å². The molecule has 3 aromatic rings. The van der Waals surface area contributed by atoms with E-state index in [-0.39, 0.29) is 6.03 Å². The summed E-state index contributed by atoms with van der Waals surface area (Å²) in [5.74, 6) is 1.47. The number of anilines is 2. The molecule has 0 saturated heterocycles. The van der Waals surface area contributed by atoms with E-state index in [1.165, 1.54) is 5.56 Å². The Morgan fingerprint density at radius 3 is 2.61 bits per heavy atom. The van der Waals surface area contributed by atoms with Crippen molar-refractivity contribution in [1.82, 2.24) is 9.97 Å². The van der Waals surface area contributed by atoms with Gasteiger partial charge in [-0.2, -0.15) is 0 Å². The summed E-state index contributed by atoms with van der Waals surface area (Å²) in [5.41, 5.74) is 2.81. The Kier molecular flexibility index (Phi) is 5.50. The lowest BCUT2D eigenvalue weighted by atomic mass is 10.2. The second kappa shape index (κ2) is 8.20. The molecule has 0 aliphatic carbocycles. The van der Waals surface area contributed by atoms with Crippen molar-refractivity contribution in [3.05, 3.63) is 76.9 Å². The molecular formula is C21H19ClN4OS. The number of urea groups is 1. The Bertz CT molecular complexity index is 999. The number of hydrogen-bond acceptors (Lipinski definition) is 4. The van der Waals surface area contributed by atoms with Gasteiger partial charge in [0.25, 0.3) is 0 Å². The first-order chi connectivity index (χ1) is 13.7. The van der Waals surface area contributed by atoms with Crippen molar-refractivity contribution in [2.45, 2.75) is 24.4 Å². The van der Waals surface area contributed by atoms with Gasteiger partial charge in [-0.15, -0.1) is 0 Å². The minimum absolute atomic E-state index is 0.124. The van der Waals surface area contributed by atoms with Gasteiger partial charge in [0, 0.05) is 24.1 Å². The fourth-order valence-corrected chi connectivity index (χ4v) is 4.14. The number of thioether (sulfide) groups is 1. The van der Waals surface area contributed by atoms with Gasteiger partial charge in [-0.1, -0.05) is 65.8 Å². The minimum Gasteiger partial charge on any atom is -0.288 e. The first-order valence-electron chi connectivity index (χ1n) is 9.03. The van der Waals surface area contributed by atoms with E-state index in [2.05, 4.69) is 22.1 Å². The monoisotopic (exact) mass is 410 g/mol. The molecule has 1 aliphatic rings. The highest BCUT2D eigenvalue weighted by atomic mass is 35.5. The van der Waals surface area contributed by atoms with Gasteiger partial charge in [0.1, 0.15) is 5.82 Å². The lowest BCUT2D eigenvalue weighted by Gasteiger charge is -2.35. The molecule has 5 nitrogen and oxygen atoms in total. The number of halogens is 1. The number of amides is 2. The Balaban J connectivity index is 1.61. The van der Waals surface area contributed by atoms with Gasteiger partial charge in [0.05, 0.1) is 17.3 Å². The van der Waals surface area contributed by atoms with Crippen LogP contribution in [-0.2, 0) is 12.3 Å². The number of fused-ring (bicyclic) bond motifs is 1. The number of carbonyl (C=O) groups excluding carboxylic acids is 1. The van der Waals surface area contributed by atoms with E-state index in [4.69, 9.17) is 11.6 Å². The summed E-state index contributed by atoms with van der Waals surface area (Å²) < 4.78 is 0. The molecule has 0 unspecified atom stereocenters. The molecule has 0 radical (unpaired) electrons. The van der Waals surface area contributed by atoms with E-state index >= 15 is 0 Å². The second-order valence-electron chi connectivity index (χ2n) is 6.34. The number of benzene rings is 2. The van der Waals surface area contributed by atoms with Crippen LogP contribution in [0, 0.1) is 0 Å². The van der Waals surface area contributed by atoms with Crippen molar-refractivity contribution in [3.8, 4) is 0 Å². The predicted octanol–water partition coefficient (Wildman–Crippen LogP) is 5.39. The standard InChI is InChI=1S/C21H19ClN4OS/c1-2-25-19-16(13-26(21(25)27)18-11-7-6-10-17(18)22)12-23-20(24-19)28-14-15-8-4-3-5-9-15/h3-12H,2,13-14H2,1H3. The van der Waals surface area contributed by atoms with Gasteiger partial charge < -0.3 is 0 Å². The SMILES string of the molecule is CCN1C(=O)N(c2ccccc2Cl)Cc2cnc(SCc3ccccc3)nc21. The van der Waals surface area contributed by atoms with E-state index in [0.29, 0.717) is 34.8 Å². The average molecular weight is 411 g/mol. The maximum Gasteiger partial charge on any atom is 0.330 e. The molecule has 0 bridgehead atoms. The number of nitrogens with zero attached hydrogens (tertiary/aromatic N) is 4. The molecule has 28 heavy (non-hydrogen) atoms. The van der Waals surface area contributed by atoms with Crippen LogP contribution in [0.1, 0.15) is 18.1 Å². The molecule has 7 heteroatoms. The van der Waals surface area contributed by atoms with Crippen LogP contribution < -0.4 is 9.80 Å². The Morgan fingerprint density at radius 2 is 1.86 bits per heavy atom. The largest absolute Gasteiger partial charge is 0.330 e. The van der Waals surface area contributed by atoms with Crippen LogP contribution >= 0.6 is 23.4 Å². The molecule has 1 aromatic heterocycles. The Labute approximate surface area is 173 Å². The molecule has 0 saturated carbocycles. The summed E-state index contributed by atoms with van der Waals surface area (Å²) in [6.45, 7) is 2.86. The fraction of sp³-hybridized carbons (Fsp3) is 0.190. The molecule has 1 aliphatic heterocycles. The van der Waals surface area contributed by atoms with Crippen LogP contribution in [0.5, 0.6) is 0 Å². The summed E-state index contributed by atoms with van der Waals surface area (Å²) in [5, 5.41) is 1.21. The number of carbonyl (C=O) groups is 1. The van der Waals surface area contributed by atoms with Crippen molar-refractivity contribution < 1.29 is 4.79 Å². The first kappa shape index (κ1) is 18.8. The number of aromatic nitrogens is 2. The van der Waals surface area contributed by atoms with E-state index < -0.39 is 0 Å². The van der Waals surface area contributed by atoms with E-state index in [1.807, 2.05) is 49.5 Å². The molecule has 0 N–H and O–H groups in total. The highest BCUT2D eigenvalue weighted by Crippen LogP contribution is 2.34. The van der Waals surface area contributed by atoms with Crippen LogP contribution in [0.2, 0.25) is 5.02 Å².